The van der Waals surface area contributed by atoms with E-state index >= 15 is 4.39 Å². The van der Waals surface area contributed by atoms with Crippen molar-refractivity contribution in [3.63, 3.8) is 0 Å². The number of benzene rings is 1. The number of fused-ring (bicyclic) bond motifs is 1. The molecule has 3 nitrogen and oxygen atoms in total. The Kier molecular flexibility index (Phi) is 4.00. The zero-order valence-electron chi connectivity index (χ0n) is 15.9. The quantitative estimate of drug-likeness (QED) is 0.616. The number of aryl methyl sites for hydroxylation is 1. The third kappa shape index (κ3) is 2.77. The monoisotopic (exact) mass is 419 g/mol. The molecule has 26 heavy (non-hydrogen) atoms. The lowest BCUT2D eigenvalue weighted by atomic mass is 9.83. The van der Waals surface area contributed by atoms with Crippen LogP contribution in [-0.4, -0.2) is 22.9 Å². The van der Waals surface area contributed by atoms with Gasteiger partial charge in [-0.25, -0.2) is 4.39 Å². The van der Waals surface area contributed by atoms with Gasteiger partial charge in [0, 0.05) is 34.0 Å². The van der Waals surface area contributed by atoms with Crippen LogP contribution in [0.15, 0.2) is 40.7 Å². The molecule has 2 aromatic rings. The molecule has 2 heterocycles. The Morgan fingerprint density at radius 2 is 1.81 bits per heavy atom. The van der Waals surface area contributed by atoms with Gasteiger partial charge in [0.05, 0.1) is 11.2 Å². The van der Waals surface area contributed by atoms with Crippen LogP contribution in [-0.2, 0) is 21.8 Å². The zero-order valence-corrected chi connectivity index (χ0v) is 17.5. The van der Waals surface area contributed by atoms with Gasteiger partial charge in [0.1, 0.15) is 5.73 Å². The molecule has 2 aliphatic rings. The van der Waals surface area contributed by atoms with E-state index in [2.05, 4.69) is 38.8 Å². The van der Waals surface area contributed by atoms with E-state index in [0.29, 0.717) is 0 Å². The molecule has 0 amide bonds. The predicted octanol–water partition coefficient (Wildman–Crippen LogP) is 5.46. The van der Waals surface area contributed by atoms with Gasteiger partial charge in [-0.3, -0.25) is 0 Å². The summed E-state index contributed by atoms with van der Waals surface area (Å²) in [4.78, 5) is 0. The highest BCUT2D eigenvalue weighted by molar-refractivity contribution is 9.10. The summed E-state index contributed by atoms with van der Waals surface area (Å²) in [6.45, 7) is 7.76. The molecule has 0 atom stereocenters. The standard InChI is InChI=1S/C20H24BBrFNO2/c1-18(2)19(3,4)26-21(25-18)17(23)11-20(8-9-20)15-12-24(5)16-7-6-13(22)10-14(15)16/h6-7,10-12H,8-9H2,1-5H3. The number of rotatable bonds is 3. The molecule has 2 fully saturated rings. The highest BCUT2D eigenvalue weighted by atomic mass is 79.9. The van der Waals surface area contributed by atoms with Gasteiger partial charge in [-0.05, 0) is 70.4 Å². The van der Waals surface area contributed by atoms with E-state index in [-0.39, 0.29) is 11.1 Å². The smallest absolute Gasteiger partial charge is 0.398 e. The first-order valence-electron chi connectivity index (χ1n) is 9.04. The first kappa shape index (κ1) is 18.3. The minimum Gasteiger partial charge on any atom is -0.398 e. The fourth-order valence-corrected chi connectivity index (χ4v) is 4.04. The van der Waals surface area contributed by atoms with Crippen molar-refractivity contribution in [1.29, 1.82) is 0 Å². The minimum atomic E-state index is -0.931. The molecule has 1 aromatic carbocycles. The molecular formula is C20H24BBrFNO2. The molecule has 1 aliphatic heterocycles. The third-order valence-corrected chi connectivity index (χ3v) is 6.66. The van der Waals surface area contributed by atoms with Gasteiger partial charge in [0.25, 0.3) is 0 Å². The Bertz CT molecular complexity index is 898. The molecule has 0 unspecified atom stereocenters. The van der Waals surface area contributed by atoms with Crippen molar-refractivity contribution >= 4 is 34.0 Å². The fourth-order valence-electron chi connectivity index (χ4n) is 3.67. The lowest BCUT2D eigenvalue weighted by Gasteiger charge is -2.32. The SMILES string of the molecule is Cn1cc(C2(C=C(F)B3OC(C)(C)C(C)(C)O3)CC2)c2cc(Br)ccc21. The van der Waals surface area contributed by atoms with Crippen molar-refractivity contribution in [1.82, 2.24) is 4.57 Å². The van der Waals surface area contributed by atoms with Gasteiger partial charge in [-0.2, -0.15) is 0 Å². The summed E-state index contributed by atoms with van der Waals surface area (Å²) in [5.41, 5.74) is 0.650. The summed E-state index contributed by atoms with van der Waals surface area (Å²) >= 11 is 3.55. The maximum Gasteiger partial charge on any atom is 0.524 e. The van der Waals surface area contributed by atoms with Crippen LogP contribution in [0.1, 0.15) is 46.1 Å². The lowest BCUT2D eigenvalue weighted by molar-refractivity contribution is 0.00578. The van der Waals surface area contributed by atoms with E-state index < -0.39 is 18.3 Å². The van der Waals surface area contributed by atoms with E-state index in [4.69, 9.17) is 9.31 Å². The van der Waals surface area contributed by atoms with Crippen LogP contribution in [0.5, 0.6) is 0 Å². The van der Waals surface area contributed by atoms with Crippen LogP contribution < -0.4 is 0 Å². The summed E-state index contributed by atoms with van der Waals surface area (Å²) in [6.07, 6.45) is 5.72. The first-order chi connectivity index (χ1) is 12.0. The third-order valence-electron chi connectivity index (χ3n) is 6.17. The molecule has 1 aromatic heterocycles. The van der Waals surface area contributed by atoms with Crippen LogP contribution in [0.2, 0.25) is 0 Å². The molecule has 1 aliphatic carbocycles. The summed E-state index contributed by atoms with van der Waals surface area (Å²) in [7, 11) is 1.10. The van der Waals surface area contributed by atoms with Crippen molar-refractivity contribution in [2.24, 2.45) is 7.05 Å². The highest BCUT2D eigenvalue weighted by Crippen LogP contribution is 2.53. The molecular weight excluding hydrogens is 396 g/mol. The second-order valence-corrected chi connectivity index (χ2v) is 9.50. The Hall–Kier alpha value is -1.11. The van der Waals surface area contributed by atoms with E-state index in [1.165, 1.54) is 5.56 Å². The number of halogens is 2. The molecule has 0 spiro atoms. The average molecular weight is 420 g/mol. The van der Waals surface area contributed by atoms with Crippen molar-refractivity contribution in [3.8, 4) is 0 Å². The topological polar surface area (TPSA) is 23.4 Å². The average Bonchev–Trinajstić information content (AvgIpc) is 3.17. The van der Waals surface area contributed by atoms with E-state index in [0.717, 1.165) is 28.2 Å². The number of nitrogens with zero attached hydrogens (tertiary/aromatic N) is 1. The maximum atomic E-state index is 15.1. The number of allylic oxidation sites excluding steroid dienone is 1. The van der Waals surface area contributed by atoms with Crippen molar-refractivity contribution in [2.75, 3.05) is 0 Å². The van der Waals surface area contributed by atoms with Crippen LogP contribution >= 0.6 is 15.9 Å². The number of aromatic nitrogens is 1. The fraction of sp³-hybridized carbons (Fsp3) is 0.500. The molecule has 1 saturated carbocycles. The molecule has 0 bridgehead atoms. The van der Waals surface area contributed by atoms with E-state index in [9.17, 15) is 0 Å². The minimum absolute atomic E-state index is 0.270. The van der Waals surface area contributed by atoms with E-state index in [1.54, 1.807) is 6.08 Å². The van der Waals surface area contributed by atoms with Crippen LogP contribution in [0, 0.1) is 0 Å². The van der Waals surface area contributed by atoms with Gasteiger partial charge in [-0.1, -0.05) is 15.9 Å². The second kappa shape index (κ2) is 5.70. The largest absolute Gasteiger partial charge is 0.524 e. The summed E-state index contributed by atoms with van der Waals surface area (Å²) in [6, 6.07) is 6.24. The first-order valence-corrected chi connectivity index (χ1v) is 9.83. The summed E-state index contributed by atoms with van der Waals surface area (Å²) < 4.78 is 30.0. The molecule has 0 N–H and O–H groups in total. The lowest BCUT2D eigenvalue weighted by Crippen LogP contribution is -2.41. The molecule has 0 radical (unpaired) electrons. The molecule has 6 heteroatoms. The van der Waals surface area contributed by atoms with Gasteiger partial charge in [0.15, 0.2) is 0 Å². The Balaban J connectivity index is 1.71. The van der Waals surface area contributed by atoms with Crippen LogP contribution in [0.25, 0.3) is 10.9 Å². The predicted molar refractivity (Wildman–Crippen MR) is 107 cm³/mol. The van der Waals surface area contributed by atoms with Gasteiger partial charge < -0.3 is 13.9 Å². The number of hydrogen-bond donors (Lipinski definition) is 0. The van der Waals surface area contributed by atoms with Gasteiger partial charge in [-0.15, -0.1) is 0 Å². The van der Waals surface area contributed by atoms with E-state index in [1.807, 2.05) is 40.8 Å². The maximum absolute atomic E-state index is 15.1. The normalized spacial score (nSPS) is 23.7. The van der Waals surface area contributed by atoms with Crippen molar-refractivity contribution < 1.29 is 13.7 Å². The van der Waals surface area contributed by atoms with Gasteiger partial charge in [0.2, 0.25) is 0 Å². The summed E-state index contributed by atoms with van der Waals surface area (Å²) in [5, 5.41) is 1.16. The number of hydrogen-bond acceptors (Lipinski definition) is 2. The Morgan fingerprint density at radius 1 is 1.19 bits per heavy atom. The van der Waals surface area contributed by atoms with Crippen LogP contribution in [0.4, 0.5) is 4.39 Å². The van der Waals surface area contributed by atoms with Crippen molar-refractivity contribution in [2.45, 2.75) is 57.2 Å². The van der Waals surface area contributed by atoms with Crippen LogP contribution in [0.3, 0.4) is 0 Å². The second-order valence-electron chi connectivity index (χ2n) is 8.59. The zero-order chi connectivity index (χ0) is 18.9. The summed E-state index contributed by atoms with van der Waals surface area (Å²) in [5.74, 6) is 0. The molecule has 1 saturated heterocycles. The highest BCUT2D eigenvalue weighted by Gasteiger charge is 2.54. The van der Waals surface area contributed by atoms with Gasteiger partial charge >= 0.3 is 7.12 Å². The van der Waals surface area contributed by atoms with Crippen molar-refractivity contribution in [3.05, 3.63) is 46.2 Å². The Labute approximate surface area is 162 Å². The Morgan fingerprint density at radius 3 is 2.38 bits per heavy atom. The molecule has 4 rings (SSSR count). The molecule has 138 valence electrons.